The van der Waals surface area contributed by atoms with Crippen molar-refractivity contribution >= 4 is 15.6 Å². The van der Waals surface area contributed by atoms with Crippen LogP contribution >= 0.6 is 0 Å². The van der Waals surface area contributed by atoms with E-state index in [1.807, 2.05) is 0 Å². The number of hydrogen-bond acceptors (Lipinski definition) is 3. The average Bonchev–Trinajstić information content (AvgIpc) is 1.80. The second kappa shape index (κ2) is 3.17. The quantitative estimate of drug-likeness (QED) is 0.656. The van der Waals surface area contributed by atoms with Gasteiger partial charge in [-0.1, -0.05) is 20.8 Å². The molecule has 0 N–H and O–H groups in total. The number of ketones is 1. The van der Waals surface area contributed by atoms with Crippen LogP contribution in [-0.2, 0) is 14.6 Å². The molecule has 1 atom stereocenters. The molecule has 0 aromatic heterocycles. The number of carbonyl (C=O) groups excluding carboxylic acids is 1. The van der Waals surface area contributed by atoms with E-state index in [2.05, 4.69) is 0 Å². The zero-order valence-electron chi connectivity index (χ0n) is 8.21. The van der Waals surface area contributed by atoms with Gasteiger partial charge in [0.05, 0.1) is 0 Å². The number of hydrogen-bond donors (Lipinski definition) is 0. The Balaban J connectivity index is 4.77. The summed E-state index contributed by atoms with van der Waals surface area (Å²) in [6.07, 6.45) is 1.08. The van der Waals surface area contributed by atoms with Gasteiger partial charge in [-0.15, -0.1) is 0 Å². The maximum Gasteiger partial charge on any atom is 0.157 e. The van der Waals surface area contributed by atoms with E-state index < -0.39 is 20.5 Å². The molecule has 0 aliphatic carbocycles. The molecule has 0 bridgehead atoms. The lowest BCUT2D eigenvalue weighted by atomic mass is 9.89. The minimum atomic E-state index is -3.23. The molecular weight excluding hydrogens is 176 g/mol. The van der Waals surface area contributed by atoms with Gasteiger partial charge >= 0.3 is 0 Å². The summed E-state index contributed by atoms with van der Waals surface area (Å²) >= 11 is 0. The lowest BCUT2D eigenvalue weighted by Gasteiger charge is -2.20. The fourth-order valence-corrected chi connectivity index (χ4v) is 1.55. The van der Waals surface area contributed by atoms with Crippen LogP contribution in [0.15, 0.2) is 0 Å². The predicted molar refractivity (Wildman–Crippen MR) is 48.8 cm³/mol. The monoisotopic (exact) mass is 192 g/mol. The Morgan fingerprint density at radius 2 is 1.58 bits per heavy atom. The maximum atomic E-state index is 11.4. The van der Waals surface area contributed by atoms with Crippen molar-refractivity contribution in [2.75, 3.05) is 6.26 Å². The summed E-state index contributed by atoms with van der Waals surface area (Å²) in [6, 6.07) is 0. The third-order valence-electron chi connectivity index (χ3n) is 1.75. The van der Waals surface area contributed by atoms with Gasteiger partial charge in [-0.25, -0.2) is 8.42 Å². The van der Waals surface area contributed by atoms with E-state index >= 15 is 0 Å². The smallest absolute Gasteiger partial charge is 0.157 e. The zero-order chi connectivity index (χ0) is 10.2. The van der Waals surface area contributed by atoms with Crippen LogP contribution in [0.1, 0.15) is 27.7 Å². The molecule has 4 heteroatoms. The Hall–Kier alpha value is -0.380. The first-order valence-corrected chi connectivity index (χ1v) is 5.75. The van der Waals surface area contributed by atoms with Crippen LogP contribution in [0, 0.1) is 5.41 Å². The van der Waals surface area contributed by atoms with Crippen LogP contribution in [0.3, 0.4) is 0 Å². The molecular formula is C8H16O3S. The van der Waals surface area contributed by atoms with Gasteiger partial charge in [-0.2, -0.15) is 0 Å². The van der Waals surface area contributed by atoms with E-state index in [4.69, 9.17) is 0 Å². The second-order valence-electron chi connectivity index (χ2n) is 4.09. The molecule has 12 heavy (non-hydrogen) atoms. The standard InChI is InChI=1S/C8H16O3S/c1-6(12(5,10)11)7(9)8(2,3)4/h6H,1-5H3. The number of rotatable bonds is 2. The molecule has 0 amide bonds. The highest BCUT2D eigenvalue weighted by Crippen LogP contribution is 2.19. The third kappa shape index (κ3) is 2.93. The van der Waals surface area contributed by atoms with Crippen molar-refractivity contribution in [1.82, 2.24) is 0 Å². The Morgan fingerprint density at radius 3 is 1.67 bits per heavy atom. The van der Waals surface area contributed by atoms with Crippen LogP contribution in [0.4, 0.5) is 0 Å². The fourth-order valence-electron chi connectivity index (χ4n) is 0.804. The maximum absolute atomic E-state index is 11.4. The Labute approximate surface area is 74.1 Å². The predicted octanol–water partition coefficient (Wildman–Crippen LogP) is 1.03. The van der Waals surface area contributed by atoms with E-state index in [0.717, 1.165) is 6.26 Å². The first-order chi connectivity index (χ1) is 5.07. The van der Waals surface area contributed by atoms with Crippen LogP contribution in [0.2, 0.25) is 0 Å². The molecule has 0 spiro atoms. The van der Waals surface area contributed by atoms with Gasteiger partial charge in [0.25, 0.3) is 0 Å². The highest BCUT2D eigenvalue weighted by atomic mass is 32.2. The van der Waals surface area contributed by atoms with Crippen molar-refractivity contribution in [2.45, 2.75) is 32.9 Å². The molecule has 0 saturated carbocycles. The van der Waals surface area contributed by atoms with E-state index in [1.54, 1.807) is 20.8 Å². The molecule has 1 unspecified atom stereocenters. The highest BCUT2D eigenvalue weighted by molar-refractivity contribution is 7.92. The van der Waals surface area contributed by atoms with Crippen molar-refractivity contribution in [3.8, 4) is 0 Å². The summed E-state index contributed by atoms with van der Waals surface area (Å²) in [5.74, 6) is -0.231. The van der Waals surface area contributed by atoms with Gasteiger partial charge in [0, 0.05) is 11.7 Å². The van der Waals surface area contributed by atoms with Crippen molar-refractivity contribution in [2.24, 2.45) is 5.41 Å². The van der Waals surface area contributed by atoms with Gasteiger partial charge in [0.1, 0.15) is 5.25 Å². The van der Waals surface area contributed by atoms with Crippen molar-refractivity contribution < 1.29 is 13.2 Å². The summed E-state index contributed by atoms with van der Waals surface area (Å²) in [5, 5.41) is -0.891. The summed E-state index contributed by atoms with van der Waals surface area (Å²) in [6.45, 7) is 6.59. The Kier molecular flexibility index (Phi) is 3.07. The molecule has 72 valence electrons. The molecule has 0 aliphatic rings. The summed E-state index contributed by atoms with van der Waals surface area (Å²) in [5.41, 5.74) is -0.581. The van der Waals surface area contributed by atoms with E-state index in [0.29, 0.717) is 0 Å². The summed E-state index contributed by atoms with van der Waals surface area (Å²) < 4.78 is 22.0. The molecule has 0 rings (SSSR count). The Bertz CT molecular complexity index is 269. The molecule has 3 nitrogen and oxygen atoms in total. The summed E-state index contributed by atoms with van der Waals surface area (Å²) in [4.78, 5) is 11.4. The first-order valence-electron chi connectivity index (χ1n) is 3.80. The number of Topliss-reactive ketones (excluding diaryl/α,β-unsaturated/α-hetero) is 1. The van der Waals surface area contributed by atoms with Crippen LogP contribution in [-0.4, -0.2) is 25.7 Å². The molecule has 0 radical (unpaired) electrons. The van der Waals surface area contributed by atoms with Gasteiger partial charge in [-0.3, -0.25) is 4.79 Å². The molecule has 0 heterocycles. The van der Waals surface area contributed by atoms with Gasteiger partial charge in [0.2, 0.25) is 0 Å². The highest BCUT2D eigenvalue weighted by Gasteiger charge is 2.32. The largest absolute Gasteiger partial charge is 0.298 e. The molecule has 0 aliphatic heterocycles. The lowest BCUT2D eigenvalue weighted by Crippen LogP contribution is -2.35. The average molecular weight is 192 g/mol. The second-order valence-corrected chi connectivity index (χ2v) is 6.45. The molecule has 0 aromatic rings. The third-order valence-corrected chi connectivity index (χ3v) is 3.25. The van der Waals surface area contributed by atoms with E-state index in [-0.39, 0.29) is 5.78 Å². The SMILES string of the molecule is CC(C(=O)C(C)(C)C)S(C)(=O)=O. The van der Waals surface area contributed by atoms with Gasteiger partial charge in [0.15, 0.2) is 15.6 Å². The minimum absolute atomic E-state index is 0.231. The van der Waals surface area contributed by atoms with Crippen LogP contribution < -0.4 is 0 Å². The summed E-state index contributed by atoms with van der Waals surface area (Å²) in [7, 11) is -3.23. The molecule has 0 saturated heterocycles. The van der Waals surface area contributed by atoms with Crippen LogP contribution in [0.25, 0.3) is 0 Å². The fraction of sp³-hybridized carbons (Fsp3) is 0.875. The number of carbonyl (C=O) groups is 1. The van der Waals surface area contributed by atoms with Crippen molar-refractivity contribution in [1.29, 1.82) is 0 Å². The normalized spacial score (nSPS) is 15.8. The Morgan fingerprint density at radius 1 is 1.25 bits per heavy atom. The molecule has 0 fully saturated rings. The van der Waals surface area contributed by atoms with Crippen LogP contribution in [0.5, 0.6) is 0 Å². The minimum Gasteiger partial charge on any atom is -0.298 e. The lowest BCUT2D eigenvalue weighted by molar-refractivity contribution is -0.125. The van der Waals surface area contributed by atoms with E-state index in [9.17, 15) is 13.2 Å². The number of sulfone groups is 1. The molecule has 0 aromatic carbocycles. The topological polar surface area (TPSA) is 51.2 Å². The van der Waals surface area contributed by atoms with E-state index in [1.165, 1.54) is 6.92 Å². The van der Waals surface area contributed by atoms with Gasteiger partial charge in [-0.05, 0) is 6.92 Å². The van der Waals surface area contributed by atoms with Crippen molar-refractivity contribution in [3.05, 3.63) is 0 Å². The first kappa shape index (κ1) is 11.6. The van der Waals surface area contributed by atoms with Gasteiger partial charge < -0.3 is 0 Å². The zero-order valence-corrected chi connectivity index (χ0v) is 9.03. The van der Waals surface area contributed by atoms with Crippen molar-refractivity contribution in [3.63, 3.8) is 0 Å².